The van der Waals surface area contributed by atoms with Gasteiger partial charge in [0.25, 0.3) is 0 Å². The Bertz CT molecular complexity index is 1750. The van der Waals surface area contributed by atoms with Crippen molar-refractivity contribution in [3.05, 3.63) is 109 Å². The van der Waals surface area contributed by atoms with Crippen molar-refractivity contribution in [3.63, 3.8) is 0 Å². The summed E-state index contributed by atoms with van der Waals surface area (Å²) < 4.78 is 6.57. The second-order valence-electron chi connectivity index (χ2n) is 11.9. The molecule has 0 radical (unpaired) electrons. The van der Waals surface area contributed by atoms with E-state index in [1.165, 1.54) is 0 Å². The van der Waals surface area contributed by atoms with Gasteiger partial charge in [0.05, 0.1) is 31.5 Å². The normalized spacial score (nSPS) is 21.5. The molecule has 0 amide bonds. The molecule has 10 heteroatoms. The highest BCUT2D eigenvalue weighted by Gasteiger charge is 2.29. The van der Waals surface area contributed by atoms with Gasteiger partial charge in [-0.3, -0.25) is 9.78 Å². The summed E-state index contributed by atoms with van der Waals surface area (Å²) in [6, 6.07) is 17.1. The molecule has 2 aliphatic heterocycles. The molecule has 44 heavy (non-hydrogen) atoms. The SMILES string of the molecule is CC1=C(O)C(Nc2ccc(N3CCC([n+]4cc[nH]c4)C3)cc2)=CC(=Nc2ccc(N3CCC(n4cc[n+](C)c4)C3)cc2)C1=O. The Kier molecular flexibility index (Phi) is 7.25. The molecule has 2 aromatic carbocycles. The minimum absolute atomic E-state index is 0.0563. The highest BCUT2D eigenvalue weighted by atomic mass is 16.3. The van der Waals surface area contributed by atoms with Gasteiger partial charge in [-0.05, 0) is 61.5 Å². The van der Waals surface area contributed by atoms with Gasteiger partial charge in [0.15, 0.2) is 0 Å². The number of allylic oxidation sites excluding steroid dienone is 2. The molecule has 224 valence electrons. The number of aromatic nitrogens is 4. The average Bonchev–Trinajstić information content (AvgIpc) is 3.86. The van der Waals surface area contributed by atoms with E-state index in [1.807, 2.05) is 43.8 Å². The van der Waals surface area contributed by atoms with Gasteiger partial charge in [-0.1, -0.05) is 0 Å². The van der Waals surface area contributed by atoms with Gasteiger partial charge in [0.2, 0.25) is 18.4 Å². The number of nitrogens with zero attached hydrogens (tertiary/aromatic N) is 6. The van der Waals surface area contributed by atoms with E-state index >= 15 is 0 Å². The van der Waals surface area contributed by atoms with E-state index in [1.54, 1.807) is 13.0 Å². The number of aliphatic hydroxyl groups excluding tert-OH is 1. The van der Waals surface area contributed by atoms with Crippen molar-refractivity contribution >= 4 is 34.2 Å². The van der Waals surface area contributed by atoms with Crippen molar-refractivity contribution < 1.29 is 19.0 Å². The van der Waals surface area contributed by atoms with Crippen LogP contribution in [0.4, 0.5) is 22.7 Å². The Morgan fingerprint density at radius 3 is 2.41 bits per heavy atom. The molecule has 0 spiro atoms. The third-order valence-electron chi connectivity index (χ3n) is 8.97. The standard InChI is InChI=1S/C34H36N8O2/c1-24-33(43)31(36-25-3-7-27(8-4-25)39-14-11-29(20-39)41-16-13-35-22-41)19-32(34(24)44)37-26-5-9-28(10-6-26)40-15-12-30(21-40)42-18-17-38(2)23-42/h3-10,13,16-19,22-23,29-30H,11-12,14-15,20-21H2,1-2H3,(H-,36,37,43,44)/p+2. The number of aromatic amines is 1. The van der Waals surface area contributed by atoms with E-state index in [2.05, 4.69) is 88.0 Å². The number of hydrogen-bond acceptors (Lipinski definition) is 6. The first-order valence-electron chi connectivity index (χ1n) is 15.2. The molecule has 2 fully saturated rings. The van der Waals surface area contributed by atoms with Gasteiger partial charge < -0.3 is 20.2 Å². The fraction of sp³-hybridized carbons (Fsp3) is 0.294. The van der Waals surface area contributed by atoms with Crippen molar-refractivity contribution in [1.82, 2.24) is 9.55 Å². The van der Waals surface area contributed by atoms with Crippen LogP contribution >= 0.6 is 0 Å². The van der Waals surface area contributed by atoms with E-state index < -0.39 is 0 Å². The summed E-state index contributed by atoms with van der Waals surface area (Å²) in [5.41, 5.74) is 4.84. The molecule has 1 aliphatic carbocycles. The number of nitrogens with one attached hydrogen (secondary N) is 2. The molecule has 3 N–H and O–H groups in total. The molecule has 2 unspecified atom stereocenters. The zero-order valence-electron chi connectivity index (χ0n) is 25.1. The summed E-state index contributed by atoms with van der Waals surface area (Å²) in [6.07, 6.45) is 16.2. The van der Waals surface area contributed by atoms with E-state index in [0.29, 0.717) is 29.2 Å². The van der Waals surface area contributed by atoms with Gasteiger partial charge in [-0.15, -0.1) is 0 Å². The molecule has 0 bridgehead atoms. The number of aliphatic hydroxyl groups is 1. The van der Waals surface area contributed by atoms with Crippen LogP contribution in [0.15, 0.2) is 114 Å². The van der Waals surface area contributed by atoms with Crippen molar-refractivity contribution in [1.29, 1.82) is 0 Å². The van der Waals surface area contributed by atoms with Crippen LogP contribution in [0.25, 0.3) is 0 Å². The molecule has 2 saturated heterocycles. The maximum atomic E-state index is 13.0. The van der Waals surface area contributed by atoms with E-state index in [-0.39, 0.29) is 17.1 Å². The number of benzene rings is 2. The third kappa shape index (κ3) is 5.50. The van der Waals surface area contributed by atoms with Crippen LogP contribution in [-0.2, 0) is 11.8 Å². The van der Waals surface area contributed by atoms with Crippen molar-refractivity contribution in [2.45, 2.75) is 31.8 Å². The highest BCUT2D eigenvalue weighted by molar-refractivity contribution is 6.51. The number of aryl methyl sites for hydroxylation is 1. The van der Waals surface area contributed by atoms with Crippen molar-refractivity contribution in [2.24, 2.45) is 12.0 Å². The van der Waals surface area contributed by atoms with Crippen molar-refractivity contribution in [2.75, 3.05) is 41.3 Å². The summed E-state index contributed by atoms with van der Waals surface area (Å²) in [5, 5.41) is 14.1. The van der Waals surface area contributed by atoms with Gasteiger partial charge in [0.1, 0.15) is 48.3 Å². The fourth-order valence-corrected chi connectivity index (χ4v) is 6.39. The lowest BCUT2D eigenvalue weighted by molar-refractivity contribution is -0.717. The lowest BCUT2D eigenvalue weighted by Crippen LogP contribution is -2.38. The number of anilines is 3. The first kappa shape index (κ1) is 27.7. The molecule has 10 nitrogen and oxygen atoms in total. The smallest absolute Gasteiger partial charge is 0.243 e. The molecular formula is C34H38N8O2+2. The Morgan fingerprint density at radius 1 is 0.977 bits per heavy atom. The van der Waals surface area contributed by atoms with Crippen LogP contribution in [0.5, 0.6) is 0 Å². The molecular weight excluding hydrogens is 552 g/mol. The Labute approximate surface area is 256 Å². The molecule has 2 atom stereocenters. The third-order valence-corrected chi connectivity index (χ3v) is 8.97. The second-order valence-corrected chi connectivity index (χ2v) is 11.9. The number of Topliss-reactive ketones (excluding diaryl/α,β-unsaturated/α-hetero) is 1. The van der Waals surface area contributed by atoms with Crippen LogP contribution < -0.4 is 24.3 Å². The zero-order valence-corrected chi connectivity index (χ0v) is 25.1. The quantitative estimate of drug-likeness (QED) is 0.220. The minimum atomic E-state index is -0.279. The zero-order chi connectivity index (χ0) is 30.2. The van der Waals surface area contributed by atoms with Gasteiger partial charge >= 0.3 is 0 Å². The average molecular weight is 591 g/mol. The van der Waals surface area contributed by atoms with Crippen LogP contribution in [0.1, 0.15) is 31.8 Å². The number of aliphatic imine (C=N–C) groups is 1. The minimum Gasteiger partial charge on any atom is -0.505 e. The maximum Gasteiger partial charge on any atom is 0.243 e. The highest BCUT2D eigenvalue weighted by Crippen LogP contribution is 2.30. The summed E-state index contributed by atoms with van der Waals surface area (Å²) in [6.45, 7) is 5.53. The fourth-order valence-electron chi connectivity index (χ4n) is 6.39. The summed E-state index contributed by atoms with van der Waals surface area (Å²) in [4.78, 5) is 25.6. The van der Waals surface area contributed by atoms with Gasteiger partial charge in [-0.2, -0.15) is 0 Å². The van der Waals surface area contributed by atoms with E-state index in [0.717, 1.165) is 56.1 Å². The van der Waals surface area contributed by atoms with Crippen LogP contribution in [-0.4, -0.2) is 52.3 Å². The Morgan fingerprint density at radius 2 is 1.70 bits per heavy atom. The Hall–Kier alpha value is -5.12. The number of imidazole rings is 2. The number of hydrogen-bond donors (Lipinski definition) is 3. The predicted molar refractivity (Wildman–Crippen MR) is 170 cm³/mol. The van der Waals surface area contributed by atoms with E-state index in [9.17, 15) is 9.90 Å². The van der Waals surface area contributed by atoms with Crippen molar-refractivity contribution in [3.8, 4) is 0 Å². The summed E-state index contributed by atoms with van der Waals surface area (Å²) >= 11 is 0. The predicted octanol–water partition coefficient (Wildman–Crippen LogP) is 4.31. The monoisotopic (exact) mass is 590 g/mol. The topological polar surface area (TPSA) is 96.6 Å². The molecule has 2 aromatic heterocycles. The molecule has 3 aliphatic rings. The first-order chi connectivity index (χ1) is 21.4. The second kappa shape index (κ2) is 11.5. The number of carbonyl (C=O) groups excluding carboxylic acids is 1. The van der Waals surface area contributed by atoms with Crippen LogP contribution in [0.2, 0.25) is 0 Å². The number of H-pyrrole nitrogens is 1. The number of carbonyl (C=O) groups is 1. The molecule has 4 heterocycles. The van der Waals surface area contributed by atoms with Crippen LogP contribution in [0, 0.1) is 0 Å². The molecule has 4 aromatic rings. The number of ketones is 1. The van der Waals surface area contributed by atoms with Gasteiger partial charge in [0, 0.05) is 48.6 Å². The Balaban J connectivity index is 1.03. The maximum absolute atomic E-state index is 13.0. The molecule has 7 rings (SSSR count). The van der Waals surface area contributed by atoms with Crippen LogP contribution in [0.3, 0.4) is 0 Å². The molecule has 0 saturated carbocycles. The number of rotatable bonds is 7. The summed E-state index contributed by atoms with van der Waals surface area (Å²) in [5.74, 6) is -0.335. The summed E-state index contributed by atoms with van der Waals surface area (Å²) in [7, 11) is 2.04. The first-order valence-corrected chi connectivity index (χ1v) is 15.2. The largest absolute Gasteiger partial charge is 0.505 e. The lowest BCUT2D eigenvalue weighted by atomic mass is 9.99. The lowest BCUT2D eigenvalue weighted by Gasteiger charge is -2.20. The van der Waals surface area contributed by atoms with E-state index in [4.69, 9.17) is 0 Å². The van der Waals surface area contributed by atoms with Gasteiger partial charge in [-0.25, -0.2) is 18.7 Å².